The van der Waals surface area contributed by atoms with Crippen LogP contribution in [0.4, 0.5) is 5.69 Å². The molecule has 212 valence electrons. The molecule has 3 aromatic carbocycles. The number of rotatable bonds is 7. The summed E-state index contributed by atoms with van der Waals surface area (Å²) in [5, 5.41) is 4.08. The fourth-order valence-corrected chi connectivity index (χ4v) is 6.62. The smallest absolute Gasteiger partial charge is 0.231 e. The average molecular weight is 563 g/mol. The Morgan fingerprint density at radius 3 is 2.48 bits per heavy atom. The summed E-state index contributed by atoms with van der Waals surface area (Å²) < 4.78 is 16.8. The number of hydrogen-bond donors (Lipinski definition) is 1. The van der Waals surface area contributed by atoms with Crippen LogP contribution in [-0.4, -0.2) is 44.7 Å². The molecule has 0 saturated carbocycles. The van der Waals surface area contributed by atoms with Gasteiger partial charge in [-0.3, -0.25) is 4.90 Å². The van der Waals surface area contributed by atoms with Crippen molar-refractivity contribution in [2.24, 2.45) is 0 Å². The Bertz CT molecular complexity index is 1350. The normalized spacial score (nSPS) is 19.0. The Hall–Kier alpha value is -3.22. The van der Waals surface area contributed by atoms with E-state index in [2.05, 4.69) is 55.3 Å². The number of nitrogens with one attached hydrogen (secondary N) is 1. The van der Waals surface area contributed by atoms with Crippen LogP contribution >= 0.6 is 11.6 Å². The van der Waals surface area contributed by atoms with Crippen LogP contribution < -0.4 is 19.5 Å². The Labute approximate surface area is 242 Å². The number of likely N-dealkylation sites (tertiary alicyclic amines) is 1. The quantitative estimate of drug-likeness (QED) is 0.316. The molecule has 1 fully saturated rings. The highest BCUT2D eigenvalue weighted by atomic mass is 35.5. The summed E-state index contributed by atoms with van der Waals surface area (Å²) in [5.41, 5.74) is 8.85. The van der Waals surface area contributed by atoms with Crippen LogP contribution in [0, 0.1) is 6.92 Å². The van der Waals surface area contributed by atoms with Gasteiger partial charge in [-0.1, -0.05) is 43.6 Å². The number of ether oxygens (including phenoxy) is 3. The first-order chi connectivity index (χ1) is 19.5. The number of hydrogen-bond acceptors (Lipinski definition) is 6. The average Bonchev–Trinajstić information content (AvgIpc) is 3.73. The van der Waals surface area contributed by atoms with Crippen molar-refractivity contribution in [2.75, 3.05) is 38.9 Å². The first-order valence-corrected chi connectivity index (χ1v) is 14.7. The lowest BCUT2D eigenvalue weighted by molar-refractivity contribution is -0.109. The molecule has 0 radical (unpaired) electrons. The first-order valence-electron chi connectivity index (χ1n) is 14.3. The van der Waals surface area contributed by atoms with Gasteiger partial charge < -0.3 is 24.3 Å². The molecule has 0 aromatic heterocycles. The highest BCUT2D eigenvalue weighted by molar-refractivity contribution is 6.30. The number of anilines is 1. The summed E-state index contributed by atoms with van der Waals surface area (Å²) in [4.78, 5) is 13.6. The van der Waals surface area contributed by atoms with Gasteiger partial charge in [0, 0.05) is 36.8 Å². The Kier molecular flexibility index (Phi) is 8.87. The first kappa shape index (κ1) is 28.3. The third-order valence-electron chi connectivity index (χ3n) is 8.36. The number of carbonyl (C=O) groups is 1. The predicted octanol–water partition coefficient (Wildman–Crippen LogP) is 6.89. The predicted molar refractivity (Wildman–Crippen MR) is 160 cm³/mol. The van der Waals surface area contributed by atoms with E-state index < -0.39 is 0 Å². The van der Waals surface area contributed by atoms with Crippen molar-refractivity contribution in [3.05, 3.63) is 80.9 Å². The van der Waals surface area contributed by atoms with Gasteiger partial charge in [0.1, 0.15) is 12.0 Å². The van der Waals surface area contributed by atoms with Crippen molar-refractivity contribution in [3.8, 4) is 17.2 Å². The monoisotopic (exact) mass is 562 g/mol. The van der Waals surface area contributed by atoms with E-state index in [4.69, 9.17) is 25.8 Å². The summed E-state index contributed by atoms with van der Waals surface area (Å²) in [5.74, 6) is 3.07. The minimum atomic E-state index is 0.246. The van der Waals surface area contributed by atoms with Crippen molar-refractivity contribution in [1.82, 2.24) is 4.90 Å². The molecule has 0 spiro atoms. The number of aryl methyl sites for hydroxylation is 2. The lowest BCUT2D eigenvalue weighted by atomic mass is 9.90. The zero-order valence-corrected chi connectivity index (χ0v) is 24.6. The van der Waals surface area contributed by atoms with Crippen LogP contribution in [0.15, 0.2) is 42.5 Å². The Morgan fingerprint density at radius 2 is 1.77 bits per heavy atom. The molecule has 3 heterocycles. The third-order valence-corrected chi connectivity index (χ3v) is 8.58. The molecule has 1 N–H and O–H groups in total. The summed E-state index contributed by atoms with van der Waals surface area (Å²) >= 11 is 6.01. The van der Waals surface area contributed by atoms with E-state index in [-0.39, 0.29) is 6.04 Å². The fraction of sp³-hybridized carbons (Fsp3) is 0.424. The molecule has 0 amide bonds. The van der Waals surface area contributed by atoms with Crippen LogP contribution in [0.3, 0.4) is 0 Å². The second kappa shape index (κ2) is 12.5. The molecule has 1 saturated heterocycles. The van der Waals surface area contributed by atoms with E-state index >= 15 is 0 Å². The summed E-state index contributed by atoms with van der Waals surface area (Å²) in [6.07, 6.45) is 5.01. The summed E-state index contributed by atoms with van der Waals surface area (Å²) in [6, 6.07) is 15.0. The molecule has 3 aliphatic heterocycles. The van der Waals surface area contributed by atoms with Gasteiger partial charge in [0.15, 0.2) is 11.5 Å². The van der Waals surface area contributed by atoms with Crippen LogP contribution in [0.5, 0.6) is 17.2 Å². The van der Waals surface area contributed by atoms with E-state index in [9.17, 15) is 4.79 Å². The summed E-state index contributed by atoms with van der Waals surface area (Å²) in [6.45, 7) is 8.78. The third kappa shape index (κ3) is 5.65. The van der Waals surface area contributed by atoms with Crippen LogP contribution in [0.2, 0.25) is 5.02 Å². The van der Waals surface area contributed by atoms with E-state index in [1.807, 2.05) is 25.2 Å². The fourth-order valence-electron chi connectivity index (χ4n) is 6.36. The number of aldehydes is 1. The second-order valence-corrected chi connectivity index (χ2v) is 11.0. The minimum Gasteiger partial charge on any atom is -0.493 e. The number of nitrogens with zero attached hydrogens (tertiary/aromatic N) is 1. The highest BCUT2D eigenvalue weighted by Gasteiger charge is 2.36. The molecule has 1 unspecified atom stereocenters. The topological polar surface area (TPSA) is 60.0 Å². The molecule has 3 aliphatic rings. The maximum Gasteiger partial charge on any atom is 0.231 e. The van der Waals surface area contributed by atoms with Crippen LogP contribution in [0.25, 0.3) is 0 Å². The molecular weight excluding hydrogens is 524 g/mol. The molecule has 7 heteroatoms. The van der Waals surface area contributed by atoms with E-state index in [0.717, 1.165) is 73.0 Å². The van der Waals surface area contributed by atoms with Crippen molar-refractivity contribution < 1.29 is 19.0 Å². The highest BCUT2D eigenvalue weighted by Crippen LogP contribution is 2.46. The van der Waals surface area contributed by atoms with Crippen molar-refractivity contribution in [2.45, 2.75) is 58.4 Å². The number of fused-ring (bicyclic) bond motifs is 2. The molecule has 6 rings (SSSR count). The minimum absolute atomic E-state index is 0.246. The molecule has 40 heavy (non-hydrogen) atoms. The van der Waals surface area contributed by atoms with E-state index in [1.54, 1.807) is 0 Å². The molecule has 0 aliphatic carbocycles. The standard InChI is InChI=1S/C22H23NO4.C11H16ClN/c1-14-18(3-5-21-22(14)27-13-26-21)17-11-19(23(12-17)7-8-24)15-2-4-20-16(10-15)6-9-25-20;1-4-8-6-10(12)7-9(5-2)11(8)13-3/h2-5,8,10,17,19H,6-7,9,11-13H2,1H3;6-7,13H,4-5H2,1-3H3/t17-,19?;/m1./s1. The second-order valence-electron chi connectivity index (χ2n) is 10.6. The van der Waals surface area contributed by atoms with E-state index in [0.29, 0.717) is 19.3 Å². The summed E-state index contributed by atoms with van der Waals surface area (Å²) in [7, 11) is 1.96. The number of benzene rings is 3. The SMILES string of the molecule is CCc1cc(Cl)cc(CC)c1NC.Cc1c([C@@H]2CC(c3ccc4c(c3)CCO4)N(CC=O)C2)ccc2c1OCO2. The molecule has 6 nitrogen and oxygen atoms in total. The van der Waals surface area contributed by atoms with Gasteiger partial charge >= 0.3 is 0 Å². The largest absolute Gasteiger partial charge is 0.493 e. The molecule has 2 atom stereocenters. The van der Waals surface area contributed by atoms with Crippen LogP contribution in [-0.2, 0) is 24.1 Å². The maximum absolute atomic E-state index is 11.3. The Morgan fingerprint density at radius 1 is 1.02 bits per heavy atom. The van der Waals surface area contributed by atoms with Gasteiger partial charge in [-0.25, -0.2) is 0 Å². The Balaban J connectivity index is 0.000000210. The zero-order valence-electron chi connectivity index (χ0n) is 23.9. The number of carbonyl (C=O) groups excluding carboxylic acids is 1. The van der Waals surface area contributed by atoms with Gasteiger partial charge in [-0.2, -0.15) is 0 Å². The van der Waals surface area contributed by atoms with E-state index in [1.165, 1.54) is 33.5 Å². The van der Waals surface area contributed by atoms with Crippen LogP contribution in [0.1, 0.15) is 65.6 Å². The lowest BCUT2D eigenvalue weighted by Crippen LogP contribution is -2.25. The maximum atomic E-state index is 11.3. The van der Waals surface area contributed by atoms with Crippen molar-refractivity contribution in [1.29, 1.82) is 0 Å². The van der Waals surface area contributed by atoms with Crippen molar-refractivity contribution in [3.63, 3.8) is 0 Å². The molecule has 3 aromatic rings. The van der Waals surface area contributed by atoms with Gasteiger partial charge in [0.25, 0.3) is 0 Å². The van der Waals surface area contributed by atoms with Gasteiger partial charge in [0.2, 0.25) is 6.79 Å². The lowest BCUT2D eigenvalue weighted by Gasteiger charge is -2.22. The van der Waals surface area contributed by atoms with Gasteiger partial charge in [-0.05, 0) is 89.8 Å². The van der Waals surface area contributed by atoms with Gasteiger partial charge in [0.05, 0.1) is 13.2 Å². The zero-order chi connectivity index (χ0) is 28.2. The van der Waals surface area contributed by atoms with Gasteiger partial charge in [-0.15, -0.1) is 0 Å². The molecular formula is C33H39ClN2O4. The number of halogens is 1. The van der Waals surface area contributed by atoms with Crippen molar-refractivity contribution >= 4 is 23.6 Å². The molecule has 0 bridgehead atoms.